The highest BCUT2D eigenvalue weighted by Gasteiger charge is 2.18. The summed E-state index contributed by atoms with van der Waals surface area (Å²) in [7, 11) is 2.09. The number of aromatic nitrogens is 2. The Bertz CT molecular complexity index is 977. The number of hydrogen-bond acceptors (Lipinski definition) is 1. The molecule has 0 saturated heterocycles. The van der Waals surface area contributed by atoms with Crippen molar-refractivity contribution in [3.8, 4) is 6.07 Å². The third kappa shape index (κ3) is 4.35. The number of nitriles is 1. The van der Waals surface area contributed by atoms with E-state index in [1.54, 1.807) is 0 Å². The number of nitrogens with zero attached hydrogens (tertiary/aromatic N) is 3. The number of unbranched alkanes of at least 4 members (excludes halogenated alkanes) is 2. The Hall–Kier alpha value is -1.61. The first kappa shape index (κ1) is 21.1. The van der Waals surface area contributed by atoms with E-state index in [9.17, 15) is 5.26 Å². The van der Waals surface area contributed by atoms with Gasteiger partial charge in [-0.05, 0) is 36.6 Å². The summed E-state index contributed by atoms with van der Waals surface area (Å²) in [6.45, 7) is 1.06. The highest BCUT2D eigenvalue weighted by Crippen LogP contribution is 2.29. The Morgan fingerprint density at radius 3 is 2.68 bits per heavy atom. The van der Waals surface area contributed by atoms with Crippen LogP contribution in [0.2, 0.25) is 0 Å². The number of halogens is 1. The number of benzene rings is 1. The predicted octanol–water partition coefficient (Wildman–Crippen LogP) is 2.64. The molecule has 0 spiro atoms. The Kier molecular flexibility index (Phi) is 7.34. The van der Waals surface area contributed by atoms with Crippen molar-refractivity contribution >= 4 is 21.9 Å². The van der Waals surface area contributed by atoms with Gasteiger partial charge in [0.2, 0.25) is 5.52 Å². The minimum Gasteiger partial charge on any atom is -1.00 e. The largest absolute Gasteiger partial charge is 1.00 e. The van der Waals surface area contributed by atoms with Gasteiger partial charge in [0.1, 0.15) is 12.6 Å². The maximum Gasteiger partial charge on any atom is 0.238 e. The van der Waals surface area contributed by atoms with E-state index in [1.165, 1.54) is 79.7 Å². The van der Waals surface area contributed by atoms with Gasteiger partial charge in [-0.2, -0.15) is 9.83 Å². The van der Waals surface area contributed by atoms with Crippen molar-refractivity contribution in [1.29, 1.82) is 5.26 Å². The number of hydrogen-bond donors (Lipinski definition) is 0. The summed E-state index contributed by atoms with van der Waals surface area (Å²) in [5.74, 6) is 0.996. The third-order valence-corrected chi connectivity index (χ3v) is 6.34. The van der Waals surface area contributed by atoms with Gasteiger partial charge in [-0.25, -0.2) is 0 Å². The van der Waals surface area contributed by atoms with Crippen molar-refractivity contribution in [2.24, 2.45) is 13.0 Å². The maximum atomic E-state index is 9.29. The molecule has 1 aliphatic rings. The Morgan fingerprint density at radius 1 is 1.07 bits per heavy atom. The lowest BCUT2D eigenvalue weighted by Crippen LogP contribution is -3.00. The Labute approximate surface area is 185 Å². The predicted molar refractivity (Wildman–Crippen MR) is 110 cm³/mol. The molecule has 1 aromatic carbocycles. The fourth-order valence-electron chi connectivity index (χ4n) is 4.90. The van der Waals surface area contributed by atoms with E-state index in [-0.39, 0.29) is 24.0 Å². The molecule has 1 fully saturated rings. The van der Waals surface area contributed by atoms with Crippen molar-refractivity contribution < 1.29 is 28.5 Å². The molecule has 4 rings (SSSR count). The van der Waals surface area contributed by atoms with Gasteiger partial charge in [-0.1, -0.05) is 51.4 Å². The SMILES string of the molecule is C[n+]1cccc2c1c1cc(C#N)ccc1n2CCCCCC1CCCCC1.[I-]. The van der Waals surface area contributed by atoms with Crippen LogP contribution in [0.5, 0.6) is 0 Å². The van der Waals surface area contributed by atoms with Crippen LogP contribution in [0.3, 0.4) is 0 Å². The van der Waals surface area contributed by atoms with Crippen LogP contribution >= 0.6 is 0 Å². The summed E-state index contributed by atoms with van der Waals surface area (Å²) >= 11 is 0. The average Bonchev–Trinajstić information content (AvgIpc) is 3.02. The smallest absolute Gasteiger partial charge is 0.238 e. The Morgan fingerprint density at radius 2 is 1.89 bits per heavy atom. The van der Waals surface area contributed by atoms with E-state index < -0.39 is 0 Å². The van der Waals surface area contributed by atoms with Gasteiger partial charge in [-0.3, -0.25) is 0 Å². The molecule has 0 radical (unpaired) electrons. The van der Waals surface area contributed by atoms with Gasteiger partial charge in [-0.15, -0.1) is 0 Å². The second kappa shape index (κ2) is 9.73. The molecule has 0 amide bonds. The number of fused-ring (bicyclic) bond motifs is 3. The summed E-state index contributed by atoms with van der Waals surface area (Å²) in [5, 5.41) is 10.5. The van der Waals surface area contributed by atoms with Gasteiger partial charge in [0.05, 0.1) is 22.5 Å². The summed E-state index contributed by atoms with van der Waals surface area (Å²) in [6, 6.07) is 12.7. The Balaban J connectivity index is 0.00000225. The van der Waals surface area contributed by atoms with Crippen LogP contribution in [-0.4, -0.2) is 4.57 Å². The maximum absolute atomic E-state index is 9.29. The molecule has 4 heteroatoms. The molecular weight excluding hydrogens is 457 g/mol. The van der Waals surface area contributed by atoms with Crippen LogP contribution in [0.1, 0.15) is 63.4 Å². The van der Waals surface area contributed by atoms with Gasteiger partial charge in [0.25, 0.3) is 0 Å². The normalized spacial score (nSPS) is 14.9. The van der Waals surface area contributed by atoms with Gasteiger partial charge < -0.3 is 28.5 Å². The van der Waals surface area contributed by atoms with Crippen LogP contribution < -0.4 is 28.5 Å². The van der Waals surface area contributed by atoms with Crippen molar-refractivity contribution in [2.45, 2.75) is 64.3 Å². The zero-order valence-corrected chi connectivity index (χ0v) is 19.0. The van der Waals surface area contributed by atoms with E-state index >= 15 is 0 Å². The molecule has 0 bridgehead atoms. The minimum absolute atomic E-state index is 0. The van der Waals surface area contributed by atoms with E-state index in [4.69, 9.17) is 0 Å². The molecule has 0 unspecified atom stereocenters. The number of pyridine rings is 1. The van der Waals surface area contributed by atoms with Crippen molar-refractivity contribution in [3.05, 3.63) is 42.1 Å². The van der Waals surface area contributed by atoms with Crippen molar-refractivity contribution in [1.82, 2.24) is 4.57 Å². The lowest BCUT2D eigenvalue weighted by molar-refractivity contribution is -0.644. The lowest BCUT2D eigenvalue weighted by Gasteiger charge is -2.21. The zero-order chi connectivity index (χ0) is 18.6. The number of aryl methyl sites for hydroxylation is 2. The number of rotatable bonds is 6. The van der Waals surface area contributed by atoms with E-state index in [0.717, 1.165) is 18.0 Å². The average molecular weight is 487 g/mol. The summed E-state index contributed by atoms with van der Waals surface area (Å²) in [4.78, 5) is 0. The van der Waals surface area contributed by atoms with Crippen molar-refractivity contribution in [3.63, 3.8) is 0 Å². The quantitative estimate of drug-likeness (QED) is 0.299. The molecule has 1 saturated carbocycles. The van der Waals surface area contributed by atoms with Crippen LogP contribution in [0, 0.1) is 17.2 Å². The summed E-state index contributed by atoms with van der Waals surface area (Å²) in [6.07, 6.45) is 14.7. The molecule has 28 heavy (non-hydrogen) atoms. The molecule has 0 atom stereocenters. The van der Waals surface area contributed by atoms with E-state index in [2.05, 4.69) is 46.6 Å². The van der Waals surface area contributed by atoms with E-state index in [1.807, 2.05) is 12.1 Å². The van der Waals surface area contributed by atoms with Gasteiger partial charge in [0, 0.05) is 12.6 Å². The van der Waals surface area contributed by atoms with Crippen LogP contribution in [0.15, 0.2) is 36.5 Å². The van der Waals surface area contributed by atoms with E-state index in [0.29, 0.717) is 0 Å². The lowest BCUT2D eigenvalue weighted by atomic mass is 9.85. The third-order valence-electron chi connectivity index (χ3n) is 6.34. The fourth-order valence-corrected chi connectivity index (χ4v) is 4.90. The fraction of sp³-hybridized carbons (Fsp3) is 0.500. The first-order valence-corrected chi connectivity index (χ1v) is 10.6. The molecule has 3 nitrogen and oxygen atoms in total. The molecule has 0 aliphatic heterocycles. The second-order valence-corrected chi connectivity index (χ2v) is 8.20. The molecule has 1 aliphatic carbocycles. The monoisotopic (exact) mass is 487 g/mol. The van der Waals surface area contributed by atoms with Crippen molar-refractivity contribution in [2.75, 3.05) is 0 Å². The standard InChI is InChI=1S/C24H30N3.HI/c1-26-15-8-12-23-24(26)21-17-20(18-25)13-14-22(21)27(23)16-7-3-6-11-19-9-4-2-5-10-19;/h8,12-15,17,19H,2-7,9-11,16H2,1H3;1H/q+1;/p-1. The molecular formula is C24H30IN3. The van der Waals surface area contributed by atoms with Gasteiger partial charge in [0.15, 0.2) is 6.20 Å². The molecule has 0 N–H and O–H groups in total. The molecule has 2 aromatic heterocycles. The zero-order valence-electron chi connectivity index (χ0n) is 16.8. The second-order valence-electron chi connectivity index (χ2n) is 8.20. The van der Waals surface area contributed by atoms with Crippen LogP contribution in [0.25, 0.3) is 21.9 Å². The molecule has 148 valence electrons. The molecule has 3 aromatic rings. The van der Waals surface area contributed by atoms with Crippen LogP contribution in [0.4, 0.5) is 0 Å². The minimum atomic E-state index is 0. The summed E-state index contributed by atoms with van der Waals surface area (Å²) in [5.41, 5.74) is 4.49. The topological polar surface area (TPSA) is 32.6 Å². The highest BCUT2D eigenvalue weighted by molar-refractivity contribution is 6.04. The first-order chi connectivity index (χ1) is 13.3. The summed E-state index contributed by atoms with van der Waals surface area (Å²) < 4.78 is 4.63. The van der Waals surface area contributed by atoms with Gasteiger partial charge >= 0.3 is 0 Å². The van der Waals surface area contributed by atoms with Crippen LogP contribution in [-0.2, 0) is 13.6 Å². The highest BCUT2D eigenvalue weighted by atomic mass is 127. The first-order valence-electron chi connectivity index (χ1n) is 10.6. The molecule has 2 heterocycles.